The molecule has 1 saturated heterocycles. The summed E-state index contributed by atoms with van der Waals surface area (Å²) in [4.78, 5) is 18.7. The summed E-state index contributed by atoms with van der Waals surface area (Å²) in [5, 5.41) is 6.40. The van der Waals surface area contributed by atoms with E-state index in [-0.39, 0.29) is 17.7 Å². The number of hydrogen-bond acceptors (Lipinski definition) is 4. The Bertz CT molecular complexity index is 619. The molecule has 0 aromatic carbocycles. The van der Waals surface area contributed by atoms with Crippen molar-refractivity contribution < 1.29 is 13.2 Å². The van der Waals surface area contributed by atoms with Gasteiger partial charge in [-0.2, -0.15) is 0 Å². The van der Waals surface area contributed by atoms with Crippen LogP contribution in [0.4, 0.5) is 0 Å². The van der Waals surface area contributed by atoms with Crippen molar-refractivity contribution in [3.8, 4) is 0 Å². The van der Waals surface area contributed by atoms with Gasteiger partial charge in [-0.3, -0.25) is 9.79 Å². The molecule has 1 atom stereocenters. The average molecular weight is 387 g/mol. The van der Waals surface area contributed by atoms with Gasteiger partial charge in [0.05, 0.1) is 10.5 Å². The Morgan fingerprint density at radius 1 is 1.19 bits per heavy atom. The highest BCUT2D eigenvalue weighted by Gasteiger charge is 2.32. The topological polar surface area (TPSA) is 90.9 Å². The summed E-state index contributed by atoms with van der Waals surface area (Å²) in [6, 6.07) is 0.158. The van der Waals surface area contributed by atoms with Crippen LogP contribution in [0.2, 0.25) is 0 Å². The highest BCUT2D eigenvalue weighted by molar-refractivity contribution is 7.92. The largest absolute Gasteiger partial charge is 0.355 e. The van der Waals surface area contributed by atoms with Gasteiger partial charge in [-0.1, -0.05) is 12.8 Å². The molecular weight excluding hydrogens is 352 g/mol. The van der Waals surface area contributed by atoms with Crippen LogP contribution < -0.4 is 10.6 Å². The van der Waals surface area contributed by atoms with Crippen LogP contribution in [0.1, 0.15) is 52.9 Å². The lowest BCUT2D eigenvalue weighted by Gasteiger charge is -2.22. The van der Waals surface area contributed by atoms with Gasteiger partial charge >= 0.3 is 0 Å². The third kappa shape index (κ3) is 5.34. The first-order valence-electron chi connectivity index (χ1n) is 9.62. The van der Waals surface area contributed by atoms with Gasteiger partial charge < -0.3 is 15.5 Å². The Hall–Kier alpha value is -1.31. The Labute approximate surface area is 157 Å². The van der Waals surface area contributed by atoms with Crippen LogP contribution in [-0.2, 0) is 14.6 Å². The highest BCUT2D eigenvalue weighted by atomic mass is 32.2. The summed E-state index contributed by atoms with van der Waals surface area (Å²) in [6.45, 7) is 6.92. The molecular formula is C18H34N4O3S. The first-order valence-corrected chi connectivity index (χ1v) is 11.3. The molecule has 1 saturated carbocycles. The van der Waals surface area contributed by atoms with Gasteiger partial charge in [-0.25, -0.2) is 8.42 Å². The van der Waals surface area contributed by atoms with Crippen molar-refractivity contribution in [3.05, 3.63) is 0 Å². The first kappa shape index (κ1) is 21.0. The van der Waals surface area contributed by atoms with Gasteiger partial charge in [0, 0.05) is 38.6 Å². The second kappa shape index (κ2) is 8.59. The van der Waals surface area contributed by atoms with Crippen molar-refractivity contribution in [3.63, 3.8) is 0 Å². The molecule has 0 spiro atoms. The molecule has 2 rings (SSSR count). The number of aliphatic imine (C=N–C) groups is 1. The standard InChI is InChI=1S/C18H34N4O3S/c1-18(2,3)26(24,25)12-10-20-17(19-4)21-15-9-11-22(13-15)16(23)14-7-5-6-8-14/h14-15H,5-13H2,1-4H3,(H2,19,20,21). The lowest BCUT2D eigenvalue weighted by molar-refractivity contribution is -0.134. The maximum atomic E-state index is 12.5. The molecule has 2 N–H and O–H groups in total. The number of hydrogen-bond donors (Lipinski definition) is 2. The molecule has 150 valence electrons. The van der Waals surface area contributed by atoms with Crippen LogP contribution in [0.15, 0.2) is 4.99 Å². The fraction of sp³-hybridized carbons (Fsp3) is 0.889. The second-order valence-corrected chi connectivity index (χ2v) is 11.2. The van der Waals surface area contributed by atoms with Crippen molar-refractivity contribution >= 4 is 21.7 Å². The van der Waals surface area contributed by atoms with Crippen molar-refractivity contribution in [2.75, 3.05) is 32.4 Å². The lowest BCUT2D eigenvalue weighted by Crippen LogP contribution is -2.47. The van der Waals surface area contributed by atoms with Crippen molar-refractivity contribution in [2.45, 2.75) is 63.7 Å². The van der Waals surface area contributed by atoms with Crippen molar-refractivity contribution in [1.82, 2.24) is 15.5 Å². The van der Waals surface area contributed by atoms with E-state index in [0.29, 0.717) is 25.0 Å². The molecule has 0 aromatic rings. The minimum absolute atomic E-state index is 0.0636. The van der Waals surface area contributed by atoms with Crippen LogP contribution in [-0.4, -0.2) is 68.4 Å². The second-order valence-electron chi connectivity index (χ2n) is 8.33. The van der Waals surface area contributed by atoms with Gasteiger partial charge in [-0.05, 0) is 40.0 Å². The van der Waals surface area contributed by atoms with E-state index in [1.807, 2.05) is 4.90 Å². The molecule has 1 aliphatic heterocycles. The number of rotatable bonds is 5. The zero-order chi connectivity index (χ0) is 19.4. The number of nitrogens with zero attached hydrogens (tertiary/aromatic N) is 2. The zero-order valence-corrected chi connectivity index (χ0v) is 17.4. The summed E-state index contributed by atoms with van der Waals surface area (Å²) < 4.78 is 23.6. The molecule has 2 aliphatic rings. The van der Waals surface area contributed by atoms with Crippen LogP contribution in [0, 0.1) is 5.92 Å². The van der Waals surface area contributed by atoms with Crippen LogP contribution in [0.25, 0.3) is 0 Å². The van der Waals surface area contributed by atoms with Crippen LogP contribution >= 0.6 is 0 Å². The van der Waals surface area contributed by atoms with Crippen LogP contribution in [0.5, 0.6) is 0 Å². The van der Waals surface area contributed by atoms with Gasteiger partial charge in [-0.15, -0.1) is 0 Å². The number of nitrogens with one attached hydrogen (secondary N) is 2. The lowest BCUT2D eigenvalue weighted by atomic mass is 10.1. The molecule has 1 heterocycles. The molecule has 1 aliphatic carbocycles. The molecule has 0 aromatic heterocycles. The van der Waals surface area contributed by atoms with Crippen molar-refractivity contribution in [1.29, 1.82) is 0 Å². The van der Waals surface area contributed by atoms with Crippen LogP contribution in [0.3, 0.4) is 0 Å². The van der Waals surface area contributed by atoms with E-state index in [4.69, 9.17) is 0 Å². The summed E-state index contributed by atoms with van der Waals surface area (Å²) in [5.74, 6) is 1.17. The van der Waals surface area contributed by atoms with E-state index in [1.165, 1.54) is 12.8 Å². The van der Waals surface area contributed by atoms with Gasteiger partial charge in [0.15, 0.2) is 15.8 Å². The smallest absolute Gasteiger partial charge is 0.225 e. The minimum atomic E-state index is -3.16. The van der Waals surface area contributed by atoms with E-state index < -0.39 is 14.6 Å². The van der Waals surface area contributed by atoms with Gasteiger partial charge in [0.25, 0.3) is 0 Å². The normalized spacial score (nSPS) is 22.7. The van der Waals surface area contributed by atoms with E-state index >= 15 is 0 Å². The average Bonchev–Trinajstić information content (AvgIpc) is 3.24. The summed E-state index contributed by atoms with van der Waals surface area (Å²) in [6.07, 6.45) is 5.27. The number of amides is 1. The van der Waals surface area contributed by atoms with E-state index in [1.54, 1.807) is 27.8 Å². The monoisotopic (exact) mass is 386 g/mol. The molecule has 7 nitrogen and oxygen atoms in total. The summed E-state index contributed by atoms with van der Waals surface area (Å²) in [7, 11) is -1.49. The predicted octanol–water partition coefficient (Wildman–Crippen LogP) is 1.16. The zero-order valence-electron chi connectivity index (χ0n) is 16.5. The quantitative estimate of drug-likeness (QED) is 0.546. The predicted molar refractivity (Wildman–Crippen MR) is 105 cm³/mol. The summed E-state index contributed by atoms with van der Waals surface area (Å²) in [5.41, 5.74) is 0. The fourth-order valence-corrected chi connectivity index (χ4v) is 4.49. The first-order chi connectivity index (χ1) is 12.1. The molecule has 1 amide bonds. The van der Waals surface area contributed by atoms with E-state index in [2.05, 4.69) is 15.6 Å². The molecule has 2 fully saturated rings. The summed E-state index contributed by atoms with van der Waals surface area (Å²) >= 11 is 0. The molecule has 26 heavy (non-hydrogen) atoms. The molecule has 0 bridgehead atoms. The van der Waals surface area contributed by atoms with Gasteiger partial charge in [0.1, 0.15) is 0 Å². The van der Waals surface area contributed by atoms with Crippen molar-refractivity contribution in [2.24, 2.45) is 10.9 Å². The number of likely N-dealkylation sites (tertiary alicyclic amines) is 1. The van der Waals surface area contributed by atoms with Gasteiger partial charge in [0.2, 0.25) is 5.91 Å². The number of guanidine groups is 1. The number of carbonyl (C=O) groups is 1. The third-order valence-electron chi connectivity index (χ3n) is 5.37. The Kier molecular flexibility index (Phi) is 6.93. The molecule has 8 heteroatoms. The Morgan fingerprint density at radius 3 is 2.42 bits per heavy atom. The maximum Gasteiger partial charge on any atom is 0.225 e. The Morgan fingerprint density at radius 2 is 1.85 bits per heavy atom. The SMILES string of the molecule is CN=C(NCCS(=O)(=O)C(C)(C)C)NC1CCN(C(=O)C2CCCC2)C1. The third-order valence-corrected chi connectivity index (χ3v) is 7.97. The Balaban J connectivity index is 1.77. The minimum Gasteiger partial charge on any atom is -0.355 e. The highest BCUT2D eigenvalue weighted by Crippen LogP contribution is 2.27. The fourth-order valence-electron chi connectivity index (χ4n) is 3.51. The molecule has 1 unspecified atom stereocenters. The molecule has 0 radical (unpaired) electrons. The number of sulfone groups is 1. The van der Waals surface area contributed by atoms with E-state index in [0.717, 1.165) is 25.8 Å². The van der Waals surface area contributed by atoms with E-state index in [9.17, 15) is 13.2 Å². The maximum absolute atomic E-state index is 12.5. The number of carbonyl (C=O) groups excluding carboxylic acids is 1.